The van der Waals surface area contributed by atoms with E-state index in [1.807, 2.05) is 6.07 Å². The van der Waals surface area contributed by atoms with Crippen LogP contribution in [0.4, 0.5) is 0 Å². The third-order valence-electron chi connectivity index (χ3n) is 1.13. The maximum absolute atomic E-state index is 3.91. The molecule has 1 heterocycles. The topological polar surface area (TPSA) is 12.9 Å². The summed E-state index contributed by atoms with van der Waals surface area (Å²) in [7, 11) is 0. The van der Waals surface area contributed by atoms with Gasteiger partial charge in [0.2, 0.25) is 0 Å². The fourth-order valence-corrected chi connectivity index (χ4v) is 1.12. The van der Waals surface area contributed by atoms with E-state index in [1.54, 1.807) is 0 Å². The van der Waals surface area contributed by atoms with Crippen LogP contribution >= 0.6 is 11.5 Å². The van der Waals surface area contributed by atoms with Gasteiger partial charge in [-0.05, 0) is 0 Å². The molecule has 1 aromatic heterocycles. The summed E-state index contributed by atoms with van der Waals surface area (Å²) >= 11 is 1.52. The molecule has 0 fully saturated rings. The van der Waals surface area contributed by atoms with Crippen LogP contribution in [0.1, 0.15) is 25.6 Å². The van der Waals surface area contributed by atoms with Crippen LogP contribution in [0.15, 0.2) is 6.07 Å². The maximum atomic E-state index is 3.91. The number of hydrogen-bond acceptors (Lipinski definition) is 2. The molecule has 0 aromatic carbocycles. The Hall–Kier alpha value is 0.292. The molecule has 1 rings (SSSR count). The zero-order chi connectivity index (χ0) is 6.91. The first kappa shape index (κ1) is 10.3. The maximum Gasteiger partial charge on any atom is 0 e. The molecular weight excluding hydrogens is 316 g/mol. The van der Waals surface area contributed by atoms with Crippen molar-refractivity contribution >= 4 is 11.5 Å². The van der Waals surface area contributed by atoms with E-state index in [-0.39, 0.29) is 25.8 Å². The number of hydrogen-bond donors (Lipinski definition) is 0. The molecular formula is C7H10NReS-. The number of rotatable bonds is 0. The molecule has 10 heavy (non-hydrogen) atoms. The van der Waals surface area contributed by atoms with Crippen LogP contribution in [0.3, 0.4) is 0 Å². The van der Waals surface area contributed by atoms with Crippen LogP contribution in [-0.4, -0.2) is 4.37 Å². The quantitative estimate of drug-likeness (QED) is 0.666. The Bertz CT molecular complexity index is 176. The predicted octanol–water partition coefficient (Wildman–Crippen LogP) is 2.24. The van der Waals surface area contributed by atoms with Gasteiger partial charge in [-0.1, -0.05) is 26.2 Å². The average Bonchev–Trinajstić information content (AvgIpc) is 2.08. The zero-order valence-corrected chi connectivity index (χ0v) is 9.84. The molecule has 0 N–H and O–H groups in total. The molecule has 0 bridgehead atoms. The van der Waals surface area contributed by atoms with E-state index < -0.39 is 0 Å². The number of nitrogens with zero attached hydrogens (tertiary/aromatic N) is 1. The largest absolute Gasteiger partial charge is 0.325 e. The molecule has 3 heteroatoms. The Balaban J connectivity index is 0.000000810. The second kappa shape index (κ2) is 3.62. The molecule has 1 radical (unpaired) electrons. The summed E-state index contributed by atoms with van der Waals surface area (Å²) in [5.74, 6) is 0. The molecule has 1 nitrogen and oxygen atoms in total. The minimum Gasteiger partial charge on any atom is -0.325 e. The average molecular weight is 326 g/mol. The summed E-state index contributed by atoms with van der Waals surface area (Å²) in [6.07, 6.45) is 2.80. The molecule has 0 spiro atoms. The summed E-state index contributed by atoms with van der Waals surface area (Å²) in [5.41, 5.74) is 0.248. The third-order valence-corrected chi connectivity index (χ3v) is 2.26. The van der Waals surface area contributed by atoms with E-state index in [0.29, 0.717) is 0 Å². The van der Waals surface area contributed by atoms with Crippen molar-refractivity contribution in [3.05, 3.63) is 17.1 Å². The van der Waals surface area contributed by atoms with Crippen LogP contribution in [0.2, 0.25) is 0 Å². The van der Waals surface area contributed by atoms with Gasteiger partial charge in [-0.2, -0.15) is 11.5 Å². The number of aromatic nitrogens is 1. The van der Waals surface area contributed by atoms with Gasteiger partial charge >= 0.3 is 0 Å². The minimum atomic E-state index is 0. The van der Waals surface area contributed by atoms with Gasteiger partial charge in [-0.15, -0.1) is 11.1 Å². The van der Waals surface area contributed by atoms with Crippen molar-refractivity contribution in [1.82, 2.24) is 4.37 Å². The van der Waals surface area contributed by atoms with Gasteiger partial charge in [-0.25, -0.2) is 6.07 Å². The van der Waals surface area contributed by atoms with Crippen molar-refractivity contribution in [2.24, 2.45) is 0 Å². The second-order valence-electron chi connectivity index (χ2n) is 3.07. The molecule has 0 unspecified atom stereocenters. The molecule has 1 aromatic rings. The Kier molecular flexibility index (Phi) is 3.72. The SMILES string of the molecule is CC(C)(C)c1c[c-]ns1.[Re]. The van der Waals surface area contributed by atoms with Gasteiger partial charge < -0.3 is 4.37 Å². The molecule has 0 aliphatic carbocycles. The molecule has 0 aliphatic rings. The Morgan fingerprint density at radius 3 is 2.30 bits per heavy atom. The van der Waals surface area contributed by atoms with Crippen molar-refractivity contribution < 1.29 is 20.4 Å². The van der Waals surface area contributed by atoms with Crippen molar-refractivity contribution in [2.75, 3.05) is 0 Å². The van der Waals surface area contributed by atoms with E-state index in [2.05, 4.69) is 31.3 Å². The van der Waals surface area contributed by atoms with Gasteiger partial charge in [0.1, 0.15) is 0 Å². The fraction of sp³-hybridized carbons (Fsp3) is 0.571. The van der Waals surface area contributed by atoms with Crippen molar-refractivity contribution in [2.45, 2.75) is 26.2 Å². The van der Waals surface area contributed by atoms with Gasteiger partial charge in [0.25, 0.3) is 0 Å². The summed E-state index contributed by atoms with van der Waals surface area (Å²) in [6, 6.07) is 1.95. The molecule has 0 amide bonds. The third kappa shape index (κ3) is 2.50. The summed E-state index contributed by atoms with van der Waals surface area (Å²) < 4.78 is 3.91. The van der Waals surface area contributed by atoms with E-state index >= 15 is 0 Å². The van der Waals surface area contributed by atoms with Crippen molar-refractivity contribution in [1.29, 1.82) is 0 Å². The van der Waals surface area contributed by atoms with Crippen molar-refractivity contribution in [3.63, 3.8) is 0 Å². The van der Waals surface area contributed by atoms with Crippen LogP contribution in [-0.2, 0) is 25.8 Å². The first-order valence-corrected chi connectivity index (χ1v) is 3.71. The summed E-state index contributed by atoms with van der Waals surface area (Å²) in [4.78, 5) is 1.29. The first-order valence-electron chi connectivity index (χ1n) is 2.94. The molecule has 0 saturated heterocycles. The Morgan fingerprint density at radius 2 is 2.10 bits per heavy atom. The van der Waals surface area contributed by atoms with Gasteiger partial charge in [0.05, 0.1) is 0 Å². The molecule has 0 atom stereocenters. The van der Waals surface area contributed by atoms with Gasteiger partial charge in [0, 0.05) is 20.4 Å². The standard InChI is InChI=1S/C7H10NS.Re/c1-7(2,3)6-4-5-8-9-6;/h4H,1-3H3;/q-1;. The first-order chi connectivity index (χ1) is 4.11. The van der Waals surface area contributed by atoms with Gasteiger partial charge in [-0.3, -0.25) is 0 Å². The van der Waals surface area contributed by atoms with E-state index in [9.17, 15) is 0 Å². The second-order valence-corrected chi connectivity index (χ2v) is 3.88. The fourth-order valence-electron chi connectivity index (χ4n) is 0.540. The minimum absolute atomic E-state index is 0. The summed E-state index contributed by atoms with van der Waals surface area (Å²) in [5, 5.41) is 0. The van der Waals surface area contributed by atoms with Crippen LogP contribution in [0, 0.1) is 6.20 Å². The normalized spacial score (nSPS) is 10.7. The van der Waals surface area contributed by atoms with Crippen LogP contribution < -0.4 is 0 Å². The molecule has 57 valence electrons. The predicted molar refractivity (Wildman–Crippen MR) is 39.7 cm³/mol. The Morgan fingerprint density at radius 1 is 1.50 bits per heavy atom. The van der Waals surface area contributed by atoms with Crippen molar-refractivity contribution in [3.8, 4) is 0 Å². The van der Waals surface area contributed by atoms with Crippen LogP contribution in [0.5, 0.6) is 0 Å². The molecule has 0 aliphatic heterocycles. The van der Waals surface area contributed by atoms with E-state index in [0.717, 1.165) is 0 Å². The van der Waals surface area contributed by atoms with E-state index in [1.165, 1.54) is 16.4 Å². The smallest absolute Gasteiger partial charge is 0 e. The summed E-state index contributed by atoms with van der Waals surface area (Å²) in [6.45, 7) is 6.52. The monoisotopic (exact) mass is 327 g/mol. The van der Waals surface area contributed by atoms with E-state index in [4.69, 9.17) is 0 Å². The van der Waals surface area contributed by atoms with Gasteiger partial charge in [0.15, 0.2) is 0 Å². The Labute approximate surface area is 79.7 Å². The zero-order valence-electron chi connectivity index (χ0n) is 6.31. The molecule has 0 saturated carbocycles. The van der Waals surface area contributed by atoms with Crippen LogP contribution in [0.25, 0.3) is 0 Å².